The Bertz CT molecular complexity index is 297. The highest BCUT2D eigenvalue weighted by Crippen LogP contribution is 2.40. The highest BCUT2D eigenvalue weighted by atomic mass is 32.2. The van der Waals surface area contributed by atoms with E-state index in [-0.39, 0.29) is 0 Å². The number of rotatable bonds is 2. The highest BCUT2D eigenvalue weighted by Gasteiger charge is 2.27. The van der Waals surface area contributed by atoms with Crippen molar-refractivity contribution in [3.8, 4) is 0 Å². The normalized spacial score (nSPS) is 27.6. The molecule has 0 N–H and O–H groups in total. The van der Waals surface area contributed by atoms with Crippen LogP contribution in [0.2, 0.25) is 0 Å². The molecule has 0 spiro atoms. The second kappa shape index (κ2) is 4.16. The van der Waals surface area contributed by atoms with Crippen LogP contribution >= 0.6 is 11.8 Å². The summed E-state index contributed by atoms with van der Waals surface area (Å²) in [6.07, 6.45) is 7.64. The first-order valence-corrected chi connectivity index (χ1v) is 6.93. The summed E-state index contributed by atoms with van der Waals surface area (Å²) < 4.78 is 5.38. The topological polar surface area (TPSA) is 38.9 Å². The third-order valence-corrected chi connectivity index (χ3v) is 4.75. The molecule has 1 aromatic heterocycles. The molecule has 15 heavy (non-hydrogen) atoms. The van der Waals surface area contributed by atoms with Crippen LogP contribution in [0.25, 0.3) is 0 Å². The van der Waals surface area contributed by atoms with E-state index in [1.807, 2.05) is 11.8 Å². The molecule has 3 nitrogen and oxygen atoms in total. The second-order valence-corrected chi connectivity index (χ2v) is 5.78. The van der Waals surface area contributed by atoms with Crippen LogP contribution in [-0.2, 0) is 0 Å². The van der Waals surface area contributed by atoms with Crippen molar-refractivity contribution in [2.24, 2.45) is 0 Å². The molecule has 3 rings (SSSR count). The smallest absolute Gasteiger partial charge is 0.239 e. The Morgan fingerprint density at radius 1 is 1.13 bits per heavy atom. The molecule has 0 bridgehead atoms. The summed E-state index contributed by atoms with van der Waals surface area (Å²) in [7, 11) is 0. The Morgan fingerprint density at radius 2 is 2.00 bits per heavy atom. The lowest BCUT2D eigenvalue weighted by Crippen LogP contribution is -1.96. The van der Waals surface area contributed by atoms with E-state index < -0.39 is 0 Å². The lowest BCUT2D eigenvalue weighted by Gasteiger charge is -2.01. The van der Waals surface area contributed by atoms with E-state index in [1.165, 1.54) is 44.3 Å². The third-order valence-electron chi connectivity index (χ3n) is 3.38. The maximum Gasteiger partial charge on any atom is 0.239 e. The van der Waals surface area contributed by atoms with Crippen molar-refractivity contribution in [2.75, 3.05) is 5.75 Å². The number of nitrogens with zero attached hydrogens (tertiary/aromatic N) is 2. The first-order valence-electron chi connectivity index (χ1n) is 5.88. The number of aromatic nitrogens is 2. The van der Waals surface area contributed by atoms with Crippen molar-refractivity contribution in [2.45, 2.75) is 49.7 Å². The summed E-state index contributed by atoms with van der Waals surface area (Å²) in [6, 6.07) is 0. The monoisotopic (exact) mass is 224 g/mol. The van der Waals surface area contributed by atoms with Gasteiger partial charge in [0.05, 0.1) is 5.25 Å². The summed E-state index contributed by atoms with van der Waals surface area (Å²) in [5.41, 5.74) is 0. The highest BCUT2D eigenvalue weighted by molar-refractivity contribution is 7.99. The van der Waals surface area contributed by atoms with E-state index in [1.54, 1.807) is 0 Å². The molecule has 1 aliphatic heterocycles. The van der Waals surface area contributed by atoms with Gasteiger partial charge in [-0.25, -0.2) is 0 Å². The van der Waals surface area contributed by atoms with Gasteiger partial charge >= 0.3 is 0 Å². The van der Waals surface area contributed by atoms with Crippen molar-refractivity contribution in [3.05, 3.63) is 11.7 Å². The summed E-state index contributed by atoms with van der Waals surface area (Å²) in [5, 5.41) is 4.62. The average Bonchev–Trinajstić information content (AvgIpc) is 3.02. The van der Waals surface area contributed by atoms with Gasteiger partial charge in [0.15, 0.2) is 5.82 Å². The first-order chi connectivity index (χ1) is 7.43. The van der Waals surface area contributed by atoms with Gasteiger partial charge in [-0.3, -0.25) is 0 Å². The third kappa shape index (κ3) is 1.92. The van der Waals surface area contributed by atoms with Gasteiger partial charge in [-0.2, -0.15) is 4.98 Å². The van der Waals surface area contributed by atoms with Crippen LogP contribution < -0.4 is 0 Å². The van der Waals surface area contributed by atoms with Gasteiger partial charge in [-0.15, -0.1) is 11.8 Å². The summed E-state index contributed by atoms with van der Waals surface area (Å²) >= 11 is 1.96. The van der Waals surface area contributed by atoms with Crippen LogP contribution in [-0.4, -0.2) is 15.9 Å². The molecular formula is C11H16N2OS. The van der Waals surface area contributed by atoms with Gasteiger partial charge in [-0.05, 0) is 31.4 Å². The molecule has 1 atom stereocenters. The van der Waals surface area contributed by atoms with Crippen LogP contribution in [0.15, 0.2) is 4.52 Å². The fourth-order valence-electron chi connectivity index (χ4n) is 2.50. The molecule has 4 heteroatoms. The molecule has 1 aromatic rings. The van der Waals surface area contributed by atoms with E-state index in [0.29, 0.717) is 11.2 Å². The van der Waals surface area contributed by atoms with Gasteiger partial charge in [0.25, 0.3) is 0 Å². The Balaban J connectivity index is 1.74. The summed E-state index contributed by atoms with van der Waals surface area (Å²) in [4.78, 5) is 4.58. The molecule has 2 aliphatic rings. The molecular weight excluding hydrogens is 208 g/mol. The molecule has 0 aromatic carbocycles. The van der Waals surface area contributed by atoms with E-state index in [0.717, 1.165) is 11.7 Å². The fraction of sp³-hybridized carbons (Fsp3) is 0.818. The fourth-order valence-corrected chi connectivity index (χ4v) is 3.69. The number of thioether (sulfide) groups is 1. The minimum absolute atomic E-state index is 0.479. The summed E-state index contributed by atoms with van der Waals surface area (Å²) in [5.74, 6) is 3.66. The Kier molecular flexibility index (Phi) is 2.69. The lowest BCUT2D eigenvalue weighted by molar-refractivity contribution is 0.366. The zero-order chi connectivity index (χ0) is 10.1. The molecule has 82 valence electrons. The van der Waals surface area contributed by atoms with Crippen LogP contribution in [0.4, 0.5) is 0 Å². The molecule has 0 radical (unpaired) electrons. The van der Waals surface area contributed by atoms with Crippen molar-refractivity contribution in [3.63, 3.8) is 0 Å². The van der Waals surface area contributed by atoms with Crippen molar-refractivity contribution < 1.29 is 4.52 Å². The zero-order valence-corrected chi connectivity index (χ0v) is 9.63. The maximum absolute atomic E-state index is 5.38. The largest absolute Gasteiger partial charge is 0.338 e. The molecule has 0 amide bonds. The van der Waals surface area contributed by atoms with E-state index in [9.17, 15) is 0 Å². The minimum atomic E-state index is 0.479. The Labute approximate surface area is 94.0 Å². The first kappa shape index (κ1) is 9.70. The van der Waals surface area contributed by atoms with E-state index in [4.69, 9.17) is 4.52 Å². The van der Waals surface area contributed by atoms with E-state index >= 15 is 0 Å². The molecule has 1 saturated heterocycles. The SMILES string of the molecule is C1CCC(c2noc(C3CCCS3)n2)C1. The van der Waals surface area contributed by atoms with Crippen LogP contribution in [0, 0.1) is 0 Å². The van der Waals surface area contributed by atoms with Gasteiger partial charge in [0, 0.05) is 5.92 Å². The molecule has 1 aliphatic carbocycles. The quantitative estimate of drug-likeness (QED) is 0.772. The number of hydrogen-bond donors (Lipinski definition) is 0. The van der Waals surface area contributed by atoms with Crippen LogP contribution in [0.1, 0.15) is 61.4 Å². The predicted molar refractivity (Wildman–Crippen MR) is 59.9 cm³/mol. The Morgan fingerprint density at radius 3 is 2.73 bits per heavy atom. The molecule has 1 unspecified atom stereocenters. The standard InChI is InChI=1S/C11H16N2OS/c1-2-5-8(4-1)10-12-11(14-13-10)9-6-3-7-15-9/h8-9H,1-7H2. The Hall–Kier alpha value is -0.510. The van der Waals surface area contributed by atoms with Crippen LogP contribution in [0.5, 0.6) is 0 Å². The lowest BCUT2D eigenvalue weighted by atomic mass is 10.1. The predicted octanol–water partition coefficient (Wildman–Crippen LogP) is 3.30. The zero-order valence-electron chi connectivity index (χ0n) is 8.82. The van der Waals surface area contributed by atoms with Gasteiger partial charge in [-0.1, -0.05) is 18.0 Å². The summed E-state index contributed by atoms with van der Waals surface area (Å²) in [6.45, 7) is 0. The number of hydrogen-bond acceptors (Lipinski definition) is 4. The average molecular weight is 224 g/mol. The minimum Gasteiger partial charge on any atom is -0.338 e. The maximum atomic E-state index is 5.38. The molecule has 2 fully saturated rings. The van der Waals surface area contributed by atoms with Crippen molar-refractivity contribution >= 4 is 11.8 Å². The molecule has 2 heterocycles. The van der Waals surface area contributed by atoms with Gasteiger partial charge in [0.2, 0.25) is 5.89 Å². The van der Waals surface area contributed by atoms with Crippen molar-refractivity contribution in [1.82, 2.24) is 10.1 Å². The van der Waals surface area contributed by atoms with Gasteiger partial charge in [0.1, 0.15) is 0 Å². The van der Waals surface area contributed by atoms with Crippen molar-refractivity contribution in [1.29, 1.82) is 0 Å². The molecule has 1 saturated carbocycles. The second-order valence-electron chi connectivity index (χ2n) is 4.47. The van der Waals surface area contributed by atoms with Gasteiger partial charge < -0.3 is 4.52 Å². The van der Waals surface area contributed by atoms with Crippen LogP contribution in [0.3, 0.4) is 0 Å². The van der Waals surface area contributed by atoms with E-state index in [2.05, 4.69) is 10.1 Å².